The smallest absolute Gasteiger partial charge is 0.407 e. The number of hydrogen-bond donors (Lipinski definition) is 5. The molecular formula is C36H35N5O4S2. The van der Waals surface area contributed by atoms with Crippen molar-refractivity contribution in [2.24, 2.45) is 0 Å². The Balaban J connectivity index is 0.824. The van der Waals surface area contributed by atoms with Crippen LogP contribution in [-0.2, 0) is 9.47 Å². The van der Waals surface area contributed by atoms with E-state index in [4.69, 9.17) is 33.9 Å². The molecule has 0 heterocycles. The molecule has 9 nitrogen and oxygen atoms in total. The Bertz CT molecular complexity index is 1580. The number of ether oxygens (including phenoxy) is 2. The van der Waals surface area contributed by atoms with Gasteiger partial charge in [0.1, 0.15) is 13.2 Å². The largest absolute Gasteiger partial charge is 0.449 e. The number of carbonyl (C=O) groups excluding carboxylic acids is 2. The molecule has 2 aliphatic carbocycles. The van der Waals surface area contributed by atoms with Gasteiger partial charge in [-0.15, -0.1) is 0 Å². The molecule has 6 rings (SSSR count). The molecule has 5 N–H and O–H groups in total. The first-order valence-electron chi connectivity index (χ1n) is 15.5. The summed E-state index contributed by atoms with van der Waals surface area (Å²) in [6, 6.07) is 32.8. The van der Waals surface area contributed by atoms with Gasteiger partial charge in [-0.2, -0.15) is 0 Å². The fourth-order valence-corrected chi connectivity index (χ4v) is 6.64. The average Bonchev–Trinajstić information content (AvgIpc) is 3.59. The van der Waals surface area contributed by atoms with Crippen LogP contribution in [-0.4, -0.2) is 61.8 Å². The van der Waals surface area contributed by atoms with E-state index in [1.54, 1.807) is 0 Å². The highest BCUT2D eigenvalue weighted by molar-refractivity contribution is 7.81. The highest BCUT2D eigenvalue weighted by Crippen LogP contribution is 2.45. The maximum absolute atomic E-state index is 12.4. The summed E-state index contributed by atoms with van der Waals surface area (Å²) in [5.74, 6) is 0.0105. The predicted octanol–water partition coefficient (Wildman–Crippen LogP) is 5.40. The third-order valence-corrected chi connectivity index (χ3v) is 8.77. The van der Waals surface area contributed by atoms with Gasteiger partial charge in [-0.25, -0.2) is 9.59 Å². The minimum Gasteiger partial charge on any atom is -0.449 e. The van der Waals surface area contributed by atoms with Gasteiger partial charge in [0, 0.05) is 38.0 Å². The van der Waals surface area contributed by atoms with E-state index in [0.717, 1.165) is 22.3 Å². The molecule has 240 valence electrons. The fraction of sp³-hybridized carbons (Fsp3) is 0.222. The number of thiocarbonyl (C=S) groups is 2. The standard InChI is InChI=1S/C36H35N5O4S2/c42-35(44-21-31-27-13-5-1-9-23(27)24-10-2-6-14-28(24)31)39-19-17-37-33(46)41-34(47)38-18-20-40-36(43)45-22-32-29-15-7-3-11-25(29)26-12-4-8-16-30(26)32/h1-16,31-32H,17-22H2,(H,39,42)(H,40,43)(H3,37,38,41,46,47). The summed E-state index contributed by atoms with van der Waals surface area (Å²) >= 11 is 10.6. The van der Waals surface area contributed by atoms with E-state index in [0.29, 0.717) is 36.4 Å². The molecule has 4 aromatic rings. The summed E-state index contributed by atoms with van der Waals surface area (Å²) in [5.41, 5.74) is 9.38. The van der Waals surface area contributed by atoms with E-state index in [2.05, 4.69) is 75.1 Å². The van der Waals surface area contributed by atoms with Gasteiger partial charge in [-0.1, -0.05) is 97.1 Å². The number of hydrogen-bond acceptors (Lipinski definition) is 6. The van der Waals surface area contributed by atoms with Gasteiger partial charge in [-0.05, 0) is 68.9 Å². The van der Waals surface area contributed by atoms with Gasteiger partial charge in [0.2, 0.25) is 0 Å². The molecule has 0 spiro atoms. The van der Waals surface area contributed by atoms with E-state index < -0.39 is 12.2 Å². The van der Waals surface area contributed by atoms with Crippen LogP contribution in [0.1, 0.15) is 34.1 Å². The zero-order chi connectivity index (χ0) is 32.6. The van der Waals surface area contributed by atoms with Gasteiger partial charge in [0.25, 0.3) is 0 Å². The van der Waals surface area contributed by atoms with E-state index in [1.165, 1.54) is 22.3 Å². The molecule has 0 atom stereocenters. The Morgan fingerprint density at radius 1 is 0.489 bits per heavy atom. The number of fused-ring (bicyclic) bond motifs is 6. The van der Waals surface area contributed by atoms with Crippen LogP contribution in [0.2, 0.25) is 0 Å². The summed E-state index contributed by atoms with van der Waals surface area (Å²) in [7, 11) is 0. The molecule has 0 unspecified atom stereocenters. The molecule has 11 heteroatoms. The molecule has 0 bridgehead atoms. The van der Waals surface area contributed by atoms with Crippen molar-refractivity contribution in [2.75, 3.05) is 39.4 Å². The average molecular weight is 666 g/mol. The molecule has 0 aromatic heterocycles. The van der Waals surface area contributed by atoms with Crippen LogP contribution in [0.25, 0.3) is 22.3 Å². The number of rotatable bonds is 10. The van der Waals surface area contributed by atoms with Crippen molar-refractivity contribution in [2.45, 2.75) is 11.8 Å². The molecule has 0 radical (unpaired) electrons. The molecular weight excluding hydrogens is 631 g/mol. The Hall–Kier alpha value is -5.00. The molecule has 2 amide bonds. The Morgan fingerprint density at radius 2 is 0.787 bits per heavy atom. The van der Waals surface area contributed by atoms with Crippen molar-refractivity contribution >= 4 is 46.8 Å². The quantitative estimate of drug-likeness (QED) is 0.112. The molecule has 0 saturated carbocycles. The number of nitrogens with one attached hydrogen (secondary N) is 5. The van der Waals surface area contributed by atoms with Crippen LogP contribution in [0.3, 0.4) is 0 Å². The van der Waals surface area contributed by atoms with E-state index in [-0.39, 0.29) is 25.0 Å². The maximum atomic E-state index is 12.4. The van der Waals surface area contributed by atoms with Crippen molar-refractivity contribution in [3.8, 4) is 22.3 Å². The van der Waals surface area contributed by atoms with Gasteiger partial charge in [0.05, 0.1) is 0 Å². The van der Waals surface area contributed by atoms with Gasteiger partial charge in [0.15, 0.2) is 10.2 Å². The van der Waals surface area contributed by atoms with Crippen LogP contribution in [0.5, 0.6) is 0 Å². The maximum Gasteiger partial charge on any atom is 0.407 e. The van der Waals surface area contributed by atoms with Crippen LogP contribution < -0.4 is 26.6 Å². The zero-order valence-electron chi connectivity index (χ0n) is 25.6. The molecule has 2 aliphatic rings. The summed E-state index contributed by atoms with van der Waals surface area (Å²) in [5, 5.41) is 15.0. The van der Waals surface area contributed by atoms with Crippen molar-refractivity contribution in [1.29, 1.82) is 0 Å². The van der Waals surface area contributed by atoms with Gasteiger partial charge >= 0.3 is 12.2 Å². The molecule has 4 aromatic carbocycles. The summed E-state index contributed by atoms with van der Waals surface area (Å²) < 4.78 is 11.1. The minimum absolute atomic E-state index is 0.00526. The molecule has 0 saturated heterocycles. The summed E-state index contributed by atoms with van der Waals surface area (Å²) in [6.45, 7) is 1.88. The zero-order valence-corrected chi connectivity index (χ0v) is 27.2. The monoisotopic (exact) mass is 665 g/mol. The Labute approximate surface area is 284 Å². The number of carbonyl (C=O) groups is 2. The van der Waals surface area contributed by atoms with Gasteiger partial charge < -0.3 is 36.1 Å². The first-order valence-corrected chi connectivity index (χ1v) is 16.3. The highest BCUT2D eigenvalue weighted by Gasteiger charge is 2.30. The van der Waals surface area contributed by atoms with Crippen molar-refractivity contribution in [3.63, 3.8) is 0 Å². The van der Waals surface area contributed by atoms with E-state index >= 15 is 0 Å². The Morgan fingerprint density at radius 3 is 1.13 bits per heavy atom. The first-order chi connectivity index (χ1) is 23.0. The lowest BCUT2D eigenvalue weighted by molar-refractivity contribution is 0.142. The van der Waals surface area contributed by atoms with E-state index in [1.807, 2.05) is 48.5 Å². The lowest BCUT2D eigenvalue weighted by atomic mass is 9.98. The lowest BCUT2D eigenvalue weighted by Crippen LogP contribution is -2.47. The third kappa shape index (κ3) is 7.53. The van der Waals surface area contributed by atoms with Crippen molar-refractivity contribution < 1.29 is 19.1 Å². The number of amides is 2. The third-order valence-electron chi connectivity index (χ3n) is 8.27. The van der Waals surface area contributed by atoms with Crippen molar-refractivity contribution in [1.82, 2.24) is 26.6 Å². The number of benzene rings is 4. The molecule has 0 fully saturated rings. The SMILES string of the molecule is O=C(NCCNC(=S)NC(=S)NCCNC(=O)OCC1c2ccccc2-c2ccccc21)OCC1c2ccccc2-c2ccccc21. The first kappa shape index (κ1) is 32.0. The second-order valence-electron chi connectivity index (χ2n) is 11.1. The van der Waals surface area contributed by atoms with E-state index in [9.17, 15) is 9.59 Å². The molecule has 47 heavy (non-hydrogen) atoms. The van der Waals surface area contributed by atoms with Crippen LogP contribution in [0.4, 0.5) is 9.59 Å². The Kier molecular flexibility index (Phi) is 10.2. The lowest BCUT2D eigenvalue weighted by Gasteiger charge is -2.16. The minimum atomic E-state index is -0.492. The fourth-order valence-electron chi connectivity index (χ4n) is 6.17. The normalized spacial score (nSPS) is 12.5. The highest BCUT2D eigenvalue weighted by atomic mass is 32.1. The van der Waals surface area contributed by atoms with Gasteiger partial charge in [-0.3, -0.25) is 0 Å². The summed E-state index contributed by atoms with van der Waals surface area (Å²) in [6.07, 6.45) is -0.984. The second kappa shape index (κ2) is 15.1. The van der Waals surface area contributed by atoms with Crippen LogP contribution >= 0.6 is 24.4 Å². The molecule has 0 aliphatic heterocycles. The van der Waals surface area contributed by atoms with Crippen LogP contribution in [0, 0.1) is 0 Å². The second-order valence-corrected chi connectivity index (χ2v) is 12.0. The predicted molar refractivity (Wildman–Crippen MR) is 190 cm³/mol. The number of alkyl carbamates (subject to hydrolysis) is 2. The van der Waals surface area contributed by atoms with Crippen LogP contribution in [0.15, 0.2) is 97.1 Å². The summed E-state index contributed by atoms with van der Waals surface area (Å²) in [4.78, 5) is 24.7. The van der Waals surface area contributed by atoms with Crippen molar-refractivity contribution in [3.05, 3.63) is 119 Å². The topological polar surface area (TPSA) is 113 Å².